The van der Waals surface area contributed by atoms with E-state index in [-0.39, 0.29) is 6.61 Å². The number of nitrogens with zero attached hydrogens (tertiary/aromatic N) is 1. The van der Waals surface area contributed by atoms with Gasteiger partial charge >= 0.3 is 0 Å². The lowest BCUT2D eigenvalue weighted by Crippen LogP contribution is -2.04. The van der Waals surface area contributed by atoms with Crippen molar-refractivity contribution in [1.82, 2.24) is 9.97 Å². The first-order chi connectivity index (χ1) is 13.3. The molecule has 0 saturated carbocycles. The van der Waals surface area contributed by atoms with Gasteiger partial charge in [-0.3, -0.25) is 4.98 Å². The van der Waals surface area contributed by atoms with Gasteiger partial charge in [-0.25, -0.2) is 0 Å². The molecule has 5 heteroatoms. The van der Waals surface area contributed by atoms with E-state index in [0.717, 1.165) is 30.0 Å². The summed E-state index contributed by atoms with van der Waals surface area (Å²) in [6, 6.07) is 20.3. The molecule has 0 aliphatic heterocycles. The Hall–Kier alpha value is -3.31. The van der Waals surface area contributed by atoms with Crippen molar-refractivity contribution in [3.63, 3.8) is 0 Å². The smallest absolute Gasteiger partial charge is 0.0853 e. The number of para-hydroxylation sites is 1. The molecule has 0 saturated heterocycles. The van der Waals surface area contributed by atoms with E-state index in [2.05, 4.69) is 57.1 Å². The van der Waals surface area contributed by atoms with Crippen molar-refractivity contribution in [1.29, 1.82) is 0 Å². The standard InChI is InChI=1S/C22H22N4O/c27-15-20-13-19(10-12-24-20)26-18-7-5-17(6-8-18)23-11-9-16-14-25-22-4-2-1-3-21(16)22/h1-8,10,12-14,23,25,27H,9,11,15H2,(H,24,26). The minimum atomic E-state index is -0.0607. The van der Waals surface area contributed by atoms with Gasteiger partial charge in [-0.05, 0) is 54.4 Å². The Morgan fingerprint density at radius 2 is 1.74 bits per heavy atom. The van der Waals surface area contributed by atoms with E-state index in [9.17, 15) is 5.11 Å². The van der Waals surface area contributed by atoms with Crippen LogP contribution < -0.4 is 10.6 Å². The molecule has 4 aromatic rings. The highest BCUT2D eigenvalue weighted by atomic mass is 16.3. The van der Waals surface area contributed by atoms with Crippen molar-refractivity contribution >= 4 is 28.0 Å². The topological polar surface area (TPSA) is 73.0 Å². The Morgan fingerprint density at radius 1 is 0.926 bits per heavy atom. The molecular formula is C22H22N4O. The van der Waals surface area contributed by atoms with Crippen molar-refractivity contribution < 1.29 is 5.11 Å². The Kier molecular flexibility index (Phi) is 5.03. The summed E-state index contributed by atoms with van der Waals surface area (Å²) in [5, 5.41) is 17.3. The third-order valence-corrected chi connectivity index (χ3v) is 4.55. The number of anilines is 3. The largest absolute Gasteiger partial charge is 0.390 e. The van der Waals surface area contributed by atoms with E-state index in [1.54, 1.807) is 6.20 Å². The molecule has 0 aliphatic rings. The summed E-state index contributed by atoms with van der Waals surface area (Å²) in [5.74, 6) is 0. The van der Waals surface area contributed by atoms with Gasteiger partial charge < -0.3 is 20.7 Å². The number of pyridine rings is 1. The predicted octanol–water partition coefficient (Wildman–Crippen LogP) is 4.45. The molecule has 5 nitrogen and oxygen atoms in total. The second-order valence-corrected chi connectivity index (χ2v) is 6.43. The van der Waals surface area contributed by atoms with Crippen LogP contribution in [0, 0.1) is 0 Å². The van der Waals surface area contributed by atoms with Gasteiger partial charge in [0.05, 0.1) is 12.3 Å². The maximum absolute atomic E-state index is 9.17. The minimum absolute atomic E-state index is 0.0607. The number of hydrogen-bond acceptors (Lipinski definition) is 4. The maximum Gasteiger partial charge on any atom is 0.0853 e. The van der Waals surface area contributed by atoms with Crippen molar-refractivity contribution in [3.8, 4) is 0 Å². The lowest BCUT2D eigenvalue weighted by atomic mass is 10.1. The number of rotatable bonds is 7. The molecule has 136 valence electrons. The van der Waals surface area contributed by atoms with Gasteiger partial charge in [0.2, 0.25) is 0 Å². The molecule has 27 heavy (non-hydrogen) atoms. The van der Waals surface area contributed by atoms with Crippen LogP contribution in [0.5, 0.6) is 0 Å². The van der Waals surface area contributed by atoms with Crippen molar-refractivity contribution in [2.45, 2.75) is 13.0 Å². The monoisotopic (exact) mass is 358 g/mol. The number of nitrogens with one attached hydrogen (secondary N) is 3. The summed E-state index contributed by atoms with van der Waals surface area (Å²) in [7, 11) is 0. The molecule has 0 unspecified atom stereocenters. The molecule has 0 spiro atoms. The van der Waals surface area contributed by atoms with E-state index < -0.39 is 0 Å². The second kappa shape index (κ2) is 7.93. The molecule has 2 heterocycles. The second-order valence-electron chi connectivity index (χ2n) is 6.43. The highest BCUT2D eigenvalue weighted by molar-refractivity contribution is 5.83. The first kappa shape index (κ1) is 17.1. The van der Waals surface area contributed by atoms with Crippen LogP contribution in [-0.2, 0) is 13.0 Å². The van der Waals surface area contributed by atoms with E-state index in [4.69, 9.17) is 0 Å². The number of H-pyrrole nitrogens is 1. The summed E-state index contributed by atoms with van der Waals surface area (Å²) < 4.78 is 0. The van der Waals surface area contributed by atoms with Gasteiger partial charge in [0.1, 0.15) is 0 Å². The lowest BCUT2D eigenvalue weighted by Gasteiger charge is -2.10. The molecule has 4 N–H and O–H groups in total. The summed E-state index contributed by atoms with van der Waals surface area (Å²) in [6.45, 7) is 0.813. The summed E-state index contributed by atoms with van der Waals surface area (Å²) in [6.07, 6.45) is 4.74. The van der Waals surface area contributed by atoms with Crippen LogP contribution in [0.25, 0.3) is 10.9 Å². The SMILES string of the molecule is OCc1cc(Nc2ccc(NCCc3c[nH]c4ccccc34)cc2)ccn1. The van der Waals surface area contributed by atoms with Crippen molar-refractivity contribution in [2.75, 3.05) is 17.2 Å². The van der Waals surface area contributed by atoms with Gasteiger partial charge in [0.15, 0.2) is 0 Å². The molecular weight excluding hydrogens is 336 g/mol. The third-order valence-electron chi connectivity index (χ3n) is 4.55. The Bertz CT molecular complexity index is 1020. The van der Waals surface area contributed by atoms with Gasteiger partial charge in [0.25, 0.3) is 0 Å². The average Bonchev–Trinajstić information content (AvgIpc) is 3.13. The summed E-state index contributed by atoms with van der Waals surface area (Å²) in [5.41, 5.74) is 6.15. The Balaban J connectivity index is 1.34. The Morgan fingerprint density at radius 3 is 2.59 bits per heavy atom. The number of fused-ring (bicyclic) bond motifs is 1. The number of aliphatic hydroxyl groups excluding tert-OH is 1. The molecule has 0 atom stereocenters. The van der Waals surface area contributed by atoms with Gasteiger partial charge in [0, 0.05) is 46.9 Å². The van der Waals surface area contributed by atoms with E-state index >= 15 is 0 Å². The molecule has 0 aliphatic carbocycles. The van der Waals surface area contributed by atoms with Gasteiger partial charge in [-0.1, -0.05) is 18.2 Å². The quantitative estimate of drug-likeness (QED) is 0.394. The van der Waals surface area contributed by atoms with Crippen LogP contribution in [0.15, 0.2) is 73.1 Å². The first-order valence-electron chi connectivity index (χ1n) is 9.03. The van der Waals surface area contributed by atoms with Crippen LogP contribution in [0.2, 0.25) is 0 Å². The number of hydrogen-bond donors (Lipinski definition) is 4. The highest BCUT2D eigenvalue weighted by Gasteiger charge is 2.03. The van der Waals surface area contributed by atoms with Crippen LogP contribution in [0.1, 0.15) is 11.3 Å². The van der Waals surface area contributed by atoms with Crippen molar-refractivity contribution in [3.05, 3.63) is 84.3 Å². The maximum atomic E-state index is 9.17. The molecule has 0 amide bonds. The van der Waals surface area contributed by atoms with Crippen LogP contribution >= 0.6 is 0 Å². The molecule has 0 radical (unpaired) electrons. The predicted molar refractivity (Wildman–Crippen MR) is 110 cm³/mol. The molecule has 2 aromatic heterocycles. The molecule has 0 bridgehead atoms. The van der Waals surface area contributed by atoms with Gasteiger partial charge in [-0.2, -0.15) is 0 Å². The van der Waals surface area contributed by atoms with Crippen LogP contribution in [0.4, 0.5) is 17.1 Å². The number of aliphatic hydroxyl groups is 1. The van der Waals surface area contributed by atoms with Gasteiger partial charge in [-0.15, -0.1) is 0 Å². The van der Waals surface area contributed by atoms with E-state index in [0.29, 0.717) is 5.69 Å². The fourth-order valence-corrected chi connectivity index (χ4v) is 3.16. The summed E-state index contributed by atoms with van der Waals surface area (Å²) >= 11 is 0. The number of aromatic nitrogens is 2. The number of aromatic amines is 1. The summed E-state index contributed by atoms with van der Waals surface area (Å²) in [4.78, 5) is 7.40. The third kappa shape index (κ3) is 4.10. The molecule has 0 fully saturated rings. The van der Waals surface area contributed by atoms with Crippen LogP contribution in [-0.4, -0.2) is 21.6 Å². The number of benzene rings is 2. The zero-order valence-electron chi connectivity index (χ0n) is 14.9. The average molecular weight is 358 g/mol. The zero-order valence-corrected chi connectivity index (χ0v) is 14.9. The first-order valence-corrected chi connectivity index (χ1v) is 9.03. The Labute approximate surface area is 158 Å². The fraction of sp³-hybridized carbons (Fsp3) is 0.136. The van der Waals surface area contributed by atoms with E-state index in [1.807, 2.05) is 30.3 Å². The van der Waals surface area contributed by atoms with Crippen LogP contribution in [0.3, 0.4) is 0 Å². The highest BCUT2D eigenvalue weighted by Crippen LogP contribution is 2.20. The minimum Gasteiger partial charge on any atom is -0.390 e. The van der Waals surface area contributed by atoms with E-state index in [1.165, 1.54) is 16.5 Å². The molecule has 2 aromatic carbocycles. The zero-order chi connectivity index (χ0) is 18.5. The normalized spacial score (nSPS) is 10.9. The van der Waals surface area contributed by atoms with Crippen molar-refractivity contribution in [2.24, 2.45) is 0 Å². The lowest BCUT2D eigenvalue weighted by molar-refractivity contribution is 0.277. The molecule has 4 rings (SSSR count). The fourth-order valence-electron chi connectivity index (χ4n) is 3.16.